The fourth-order valence-electron chi connectivity index (χ4n) is 2.49. The van der Waals surface area contributed by atoms with Crippen molar-refractivity contribution in [1.29, 1.82) is 0 Å². The van der Waals surface area contributed by atoms with E-state index in [-0.39, 0.29) is 0 Å². The molecule has 0 aromatic carbocycles. The number of rotatable bonds is 4. The highest BCUT2D eigenvalue weighted by molar-refractivity contribution is 4.83. The standard InChI is InChI=1S/C13H27N/c1-11(2)9-14-10-12-7-5-6-8-13(12,3)4/h11-12,14H,5-10H2,1-4H3. The molecule has 0 aliphatic heterocycles. The second-order valence-corrected chi connectivity index (χ2v) is 5.98. The molecule has 0 bridgehead atoms. The first-order valence-corrected chi connectivity index (χ1v) is 6.23. The molecule has 0 saturated heterocycles. The molecular weight excluding hydrogens is 170 g/mol. The Morgan fingerprint density at radius 3 is 2.57 bits per heavy atom. The minimum atomic E-state index is 0.572. The summed E-state index contributed by atoms with van der Waals surface area (Å²) in [7, 11) is 0. The molecule has 1 atom stereocenters. The Bertz CT molecular complexity index is 161. The maximum atomic E-state index is 3.61. The predicted molar refractivity (Wildman–Crippen MR) is 63.4 cm³/mol. The third kappa shape index (κ3) is 3.61. The largest absolute Gasteiger partial charge is 0.316 e. The van der Waals surface area contributed by atoms with E-state index < -0.39 is 0 Å². The maximum absolute atomic E-state index is 3.61. The Kier molecular flexibility index (Phi) is 4.43. The SMILES string of the molecule is CC(C)CNCC1CCCCC1(C)C. The van der Waals surface area contributed by atoms with Gasteiger partial charge in [0.05, 0.1) is 0 Å². The minimum absolute atomic E-state index is 0.572. The molecule has 1 N–H and O–H groups in total. The third-order valence-corrected chi connectivity index (χ3v) is 3.67. The van der Waals surface area contributed by atoms with Crippen LogP contribution in [0.3, 0.4) is 0 Å². The monoisotopic (exact) mass is 197 g/mol. The highest BCUT2D eigenvalue weighted by Gasteiger charge is 2.31. The smallest absolute Gasteiger partial charge is 0.00153 e. The molecule has 0 aromatic heterocycles. The van der Waals surface area contributed by atoms with Crippen LogP contribution in [0.25, 0.3) is 0 Å². The molecule has 1 nitrogen and oxygen atoms in total. The Morgan fingerprint density at radius 1 is 1.29 bits per heavy atom. The summed E-state index contributed by atoms with van der Waals surface area (Å²) in [5.74, 6) is 1.68. The summed E-state index contributed by atoms with van der Waals surface area (Å²) in [6, 6.07) is 0. The Hall–Kier alpha value is -0.0400. The van der Waals surface area contributed by atoms with Crippen LogP contribution in [0.2, 0.25) is 0 Å². The third-order valence-electron chi connectivity index (χ3n) is 3.67. The molecule has 1 heteroatoms. The van der Waals surface area contributed by atoms with Gasteiger partial charge >= 0.3 is 0 Å². The molecule has 1 aliphatic carbocycles. The van der Waals surface area contributed by atoms with Crippen LogP contribution in [0, 0.1) is 17.3 Å². The lowest BCUT2D eigenvalue weighted by molar-refractivity contribution is 0.135. The van der Waals surface area contributed by atoms with E-state index in [1.165, 1.54) is 38.8 Å². The van der Waals surface area contributed by atoms with Crippen molar-refractivity contribution >= 4 is 0 Å². The average molecular weight is 197 g/mol. The molecular formula is C13H27N. The molecule has 0 aromatic rings. The predicted octanol–water partition coefficient (Wildman–Crippen LogP) is 3.45. The lowest BCUT2D eigenvalue weighted by atomic mass is 9.69. The molecule has 1 rings (SSSR count). The van der Waals surface area contributed by atoms with Crippen LogP contribution < -0.4 is 5.32 Å². The number of nitrogens with one attached hydrogen (secondary N) is 1. The molecule has 0 radical (unpaired) electrons. The van der Waals surface area contributed by atoms with Crippen LogP contribution in [0.5, 0.6) is 0 Å². The van der Waals surface area contributed by atoms with Gasteiger partial charge in [-0.25, -0.2) is 0 Å². The fourth-order valence-corrected chi connectivity index (χ4v) is 2.49. The van der Waals surface area contributed by atoms with E-state index in [1.807, 2.05) is 0 Å². The van der Waals surface area contributed by atoms with Crippen molar-refractivity contribution in [2.45, 2.75) is 53.4 Å². The Labute approximate surface area is 89.7 Å². The molecule has 1 unspecified atom stereocenters. The molecule has 84 valence electrons. The van der Waals surface area contributed by atoms with E-state index in [4.69, 9.17) is 0 Å². The van der Waals surface area contributed by atoms with Gasteiger partial charge in [-0.2, -0.15) is 0 Å². The summed E-state index contributed by atoms with van der Waals surface area (Å²) in [4.78, 5) is 0. The first-order valence-electron chi connectivity index (χ1n) is 6.23. The number of hydrogen-bond acceptors (Lipinski definition) is 1. The zero-order valence-electron chi connectivity index (χ0n) is 10.4. The summed E-state index contributed by atoms with van der Waals surface area (Å²) >= 11 is 0. The van der Waals surface area contributed by atoms with E-state index in [1.54, 1.807) is 0 Å². The van der Waals surface area contributed by atoms with Gasteiger partial charge in [0.15, 0.2) is 0 Å². The highest BCUT2D eigenvalue weighted by Crippen LogP contribution is 2.39. The van der Waals surface area contributed by atoms with E-state index in [0.29, 0.717) is 5.41 Å². The second kappa shape index (κ2) is 5.16. The van der Waals surface area contributed by atoms with E-state index in [9.17, 15) is 0 Å². The Balaban J connectivity index is 2.27. The van der Waals surface area contributed by atoms with Crippen molar-refractivity contribution in [2.24, 2.45) is 17.3 Å². The van der Waals surface area contributed by atoms with Crippen molar-refractivity contribution in [1.82, 2.24) is 5.32 Å². The minimum Gasteiger partial charge on any atom is -0.316 e. The van der Waals surface area contributed by atoms with Gasteiger partial charge in [0.25, 0.3) is 0 Å². The van der Waals surface area contributed by atoms with Gasteiger partial charge in [-0.15, -0.1) is 0 Å². The highest BCUT2D eigenvalue weighted by atomic mass is 14.9. The zero-order valence-corrected chi connectivity index (χ0v) is 10.4. The average Bonchev–Trinajstić information content (AvgIpc) is 2.07. The Morgan fingerprint density at radius 2 is 2.00 bits per heavy atom. The van der Waals surface area contributed by atoms with Crippen LogP contribution in [-0.2, 0) is 0 Å². The fraction of sp³-hybridized carbons (Fsp3) is 1.00. The van der Waals surface area contributed by atoms with Gasteiger partial charge in [0, 0.05) is 0 Å². The lowest BCUT2D eigenvalue weighted by Gasteiger charge is -2.39. The molecule has 0 heterocycles. The maximum Gasteiger partial charge on any atom is -0.00153 e. The summed E-state index contributed by atoms with van der Waals surface area (Å²) in [6.45, 7) is 11.8. The number of hydrogen-bond donors (Lipinski definition) is 1. The molecule has 0 spiro atoms. The molecule has 14 heavy (non-hydrogen) atoms. The van der Waals surface area contributed by atoms with E-state index in [0.717, 1.165) is 11.8 Å². The van der Waals surface area contributed by atoms with E-state index >= 15 is 0 Å². The van der Waals surface area contributed by atoms with Crippen LogP contribution in [0.15, 0.2) is 0 Å². The topological polar surface area (TPSA) is 12.0 Å². The van der Waals surface area contributed by atoms with Crippen LogP contribution >= 0.6 is 0 Å². The summed E-state index contributed by atoms with van der Waals surface area (Å²) in [6.07, 6.45) is 5.73. The van der Waals surface area contributed by atoms with Gasteiger partial charge < -0.3 is 5.32 Å². The van der Waals surface area contributed by atoms with Gasteiger partial charge in [0.1, 0.15) is 0 Å². The summed E-state index contributed by atoms with van der Waals surface area (Å²) in [5.41, 5.74) is 0.572. The van der Waals surface area contributed by atoms with Gasteiger partial charge in [-0.3, -0.25) is 0 Å². The molecule has 1 fully saturated rings. The summed E-state index contributed by atoms with van der Waals surface area (Å²) in [5, 5.41) is 3.61. The van der Waals surface area contributed by atoms with E-state index in [2.05, 4.69) is 33.0 Å². The molecule has 0 amide bonds. The summed E-state index contributed by atoms with van der Waals surface area (Å²) < 4.78 is 0. The quantitative estimate of drug-likeness (QED) is 0.728. The van der Waals surface area contributed by atoms with Crippen molar-refractivity contribution < 1.29 is 0 Å². The van der Waals surface area contributed by atoms with Gasteiger partial charge in [0.2, 0.25) is 0 Å². The van der Waals surface area contributed by atoms with Crippen molar-refractivity contribution in [3.8, 4) is 0 Å². The van der Waals surface area contributed by atoms with Crippen molar-refractivity contribution in [3.05, 3.63) is 0 Å². The molecule has 1 aliphatic rings. The first kappa shape index (κ1) is 12.0. The normalized spacial score (nSPS) is 26.8. The first-order chi connectivity index (χ1) is 6.52. The lowest BCUT2D eigenvalue weighted by Crippen LogP contribution is -2.37. The van der Waals surface area contributed by atoms with Crippen LogP contribution in [-0.4, -0.2) is 13.1 Å². The zero-order chi connectivity index (χ0) is 10.6. The van der Waals surface area contributed by atoms with Crippen LogP contribution in [0.4, 0.5) is 0 Å². The van der Waals surface area contributed by atoms with Gasteiger partial charge in [-0.05, 0) is 43.2 Å². The van der Waals surface area contributed by atoms with Crippen molar-refractivity contribution in [3.63, 3.8) is 0 Å². The van der Waals surface area contributed by atoms with Crippen molar-refractivity contribution in [2.75, 3.05) is 13.1 Å². The second-order valence-electron chi connectivity index (χ2n) is 5.98. The molecule has 1 saturated carbocycles. The van der Waals surface area contributed by atoms with Crippen LogP contribution in [0.1, 0.15) is 53.4 Å². The van der Waals surface area contributed by atoms with Gasteiger partial charge in [-0.1, -0.05) is 40.5 Å².